The van der Waals surface area contributed by atoms with Crippen LogP contribution in [0.5, 0.6) is 5.75 Å². The number of fused-ring (bicyclic) bond motifs is 1. The second-order valence-electron chi connectivity index (χ2n) is 5.36. The van der Waals surface area contributed by atoms with Crippen molar-refractivity contribution in [2.75, 3.05) is 11.4 Å². The maximum absolute atomic E-state index is 13.4. The van der Waals surface area contributed by atoms with Gasteiger partial charge in [0.1, 0.15) is 17.7 Å². The Kier molecular flexibility index (Phi) is 3.81. The van der Waals surface area contributed by atoms with E-state index in [-0.39, 0.29) is 17.8 Å². The van der Waals surface area contributed by atoms with Crippen molar-refractivity contribution >= 4 is 11.6 Å². The lowest BCUT2D eigenvalue weighted by molar-refractivity contribution is 0.0961. The molecule has 2 aromatic rings. The molecule has 0 aliphatic carbocycles. The molecule has 0 spiro atoms. The van der Waals surface area contributed by atoms with Crippen molar-refractivity contribution in [1.29, 1.82) is 0 Å². The third kappa shape index (κ3) is 2.67. The van der Waals surface area contributed by atoms with Gasteiger partial charge < -0.3 is 15.4 Å². The fraction of sp³-hybridized carbons (Fsp3) is 0.235. The van der Waals surface area contributed by atoms with Crippen molar-refractivity contribution in [3.05, 3.63) is 59.4 Å². The third-order valence-electron chi connectivity index (χ3n) is 3.66. The Morgan fingerprint density at radius 3 is 2.73 bits per heavy atom. The summed E-state index contributed by atoms with van der Waals surface area (Å²) in [6.07, 6.45) is -0.193. The van der Waals surface area contributed by atoms with E-state index in [1.54, 1.807) is 23.1 Å². The van der Waals surface area contributed by atoms with Crippen LogP contribution in [-0.2, 0) is 6.54 Å². The van der Waals surface area contributed by atoms with Crippen molar-refractivity contribution in [3.63, 3.8) is 0 Å². The van der Waals surface area contributed by atoms with Crippen LogP contribution < -0.4 is 15.4 Å². The van der Waals surface area contributed by atoms with E-state index in [4.69, 9.17) is 10.5 Å². The Morgan fingerprint density at radius 2 is 2.05 bits per heavy atom. The first kappa shape index (κ1) is 14.5. The van der Waals surface area contributed by atoms with Crippen molar-refractivity contribution in [2.24, 2.45) is 5.73 Å². The normalized spacial score (nSPS) is 16.9. The van der Waals surface area contributed by atoms with E-state index >= 15 is 0 Å². The highest BCUT2D eigenvalue weighted by molar-refractivity contribution is 6.07. The van der Waals surface area contributed by atoms with Gasteiger partial charge in [0, 0.05) is 18.2 Å². The molecular weight excluding hydrogens is 283 g/mol. The highest BCUT2D eigenvalue weighted by atomic mass is 19.1. The molecule has 0 radical (unpaired) electrons. The Labute approximate surface area is 128 Å². The van der Waals surface area contributed by atoms with E-state index in [9.17, 15) is 9.18 Å². The number of ether oxygens (including phenoxy) is 1. The Hall–Kier alpha value is -2.40. The molecular formula is C17H17FN2O2. The van der Waals surface area contributed by atoms with Gasteiger partial charge >= 0.3 is 0 Å². The minimum atomic E-state index is -0.382. The van der Waals surface area contributed by atoms with Gasteiger partial charge in [0.15, 0.2) is 0 Å². The smallest absolute Gasteiger partial charge is 0.258 e. The largest absolute Gasteiger partial charge is 0.487 e. The zero-order valence-corrected chi connectivity index (χ0v) is 12.3. The predicted octanol–water partition coefficient (Wildman–Crippen LogP) is 2.71. The fourth-order valence-corrected chi connectivity index (χ4v) is 2.55. The number of nitrogens with two attached hydrogens (primary N) is 1. The quantitative estimate of drug-likeness (QED) is 0.928. The molecule has 0 unspecified atom stereocenters. The molecule has 0 bridgehead atoms. The van der Waals surface area contributed by atoms with E-state index in [2.05, 4.69) is 0 Å². The van der Waals surface area contributed by atoms with E-state index < -0.39 is 0 Å². The summed E-state index contributed by atoms with van der Waals surface area (Å²) in [6.45, 7) is 2.72. The van der Waals surface area contributed by atoms with Crippen LogP contribution >= 0.6 is 0 Å². The molecule has 1 heterocycles. The molecule has 0 saturated carbocycles. The molecule has 5 heteroatoms. The summed E-state index contributed by atoms with van der Waals surface area (Å²) in [5.41, 5.74) is 7.70. The van der Waals surface area contributed by atoms with E-state index in [0.717, 1.165) is 5.56 Å². The maximum atomic E-state index is 13.4. The number of hydrogen-bond acceptors (Lipinski definition) is 3. The molecule has 2 N–H and O–H groups in total. The summed E-state index contributed by atoms with van der Waals surface area (Å²) >= 11 is 0. The van der Waals surface area contributed by atoms with Crippen molar-refractivity contribution in [1.82, 2.24) is 0 Å². The van der Waals surface area contributed by atoms with E-state index in [1.165, 1.54) is 12.1 Å². The minimum Gasteiger partial charge on any atom is -0.487 e. The highest BCUT2D eigenvalue weighted by Gasteiger charge is 2.28. The van der Waals surface area contributed by atoms with Gasteiger partial charge in [0.2, 0.25) is 0 Å². The summed E-state index contributed by atoms with van der Waals surface area (Å²) in [5, 5.41) is 0. The van der Waals surface area contributed by atoms with Gasteiger partial charge in [-0.25, -0.2) is 4.39 Å². The Bertz CT molecular complexity index is 700. The van der Waals surface area contributed by atoms with Crippen LogP contribution in [-0.4, -0.2) is 18.6 Å². The monoisotopic (exact) mass is 300 g/mol. The van der Waals surface area contributed by atoms with Crippen LogP contribution in [0.25, 0.3) is 0 Å². The number of anilines is 1. The SMILES string of the molecule is C[C@@H]1CN(C(=O)c2ccc(CN)cc2)c2ccc(F)cc2O1. The van der Waals surface area contributed by atoms with Gasteiger partial charge in [-0.1, -0.05) is 12.1 Å². The molecule has 0 aromatic heterocycles. The zero-order valence-electron chi connectivity index (χ0n) is 12.3. The molecule has 2 aromatic carbocycles. The number of amides is 1. The first-order chi connectivity index (χ1) is 10.6. The van der Waals surface area contributed by atoms with E-state index in [0.29, 0.717) is 30.1 Å². The summed E-state index contributed by atoms with van der Waals surface area (Å²) in [4.78, 5) is 14.4. The molecule has 1 aliphatic rings. The first-order valence-electron chi connectivity index (χ1n) is 7.15. The second kappa shape index (κ2) is 5.77. The summed E-state index contributed by atoms with van der Waals surface area (Å²) in [6, 6.07) is 11.4. The van der Waals surface area contributed by atoms with Crippen LogP contribution in [0.15, 0.2) is 42.5 Å². The average molecular weight is 300 g/mol. The van der Waals surface area contributed by atoms with Gasteiger partial charge in [-0.3, -0.25) is 4.79 Å². The number of halogens is 1. The third-order valence-corrected chi connectivity index (χ3v) is 3.66. The van der Waals surface area contributed by atoms with Crippen LogP contribution in [0, 0.1) is 5.82 Å². The summed E-state index contributed by atoms with van der Waals surface area (Å²) in [5.74, 6) is -0.121. The molecule has 4 nitrogen and oxygen atoms in total. The van der Waals surface area contributed by atoms with Gasteiger partial charge in [-0.15, -0.1) is 0 Å². The molecule has 22 heavy (non-hydrogen) atoms. The Morgan fingerprint density at radius 1 is 1.32 bits per heavy atom. The van der Waals surface area contributed by atoms with Crippen LogP contribution in [0.3, 0.4) is 0 Å². The number of nitrogens with zero attached hydrogens (tertiary/aromatic N) is 1. The summed E-state index contributed by atoms with van der Waals surface area (Å²) in [7, 11) is 0. The van der Waals surface area contributed by atoms with Gasteiger partial charge in [-0.05, 0) is 36.8 Å². The number of carbonyl (C=O) groups is 1. The van der Waals surface area contributed by atoms with Crippen molar-refractivity contribution < 1.29 is 13.9 Å². The van der Waals surface area contributed by atoms with Gasteiger partial charge in [0.25, 0.3) is 5.91 Å². The average Bonchev–Trinajstić information content (AvgIpc) is 2.53. The fourth-order valence-electron chi connectivity index (χ4n) is 2.55. The van der Waals surface area contributed by atoms with E-state index in [1.807, 2.05) is 19.1 Å². The molecule has 1 aliphatic heterocycles. The lowest BCUT2D eigenvalue weighted by Crippen LogP contribution is -2.42. The van der Waals surface area contributed by atoms with Crippen molar-refractivity contribution in [3.8, 4) is 5.75 Å². The molecule has 3 rings (SSSR count). The topological polar surface area (TPSA) is 55.6 Å². The molecule has 114 valence electrons. The van der Waals surface area contributed by atoms with Crippen molar-refractivity contribution in [2.45, 2.75) is 19.6 Å². The van der Waals surface area contributed by atoms with Gasteiger partial charge in [-0.2, -0.15) is 0 Å². The molecule has 0 fully saturated rings. The predicted molar refractivity (Wildman–Crippen MR) is 82.5 cm³/mol. The van der Waals surface area contributed by atoms with Crippen LogP contribution in [0.1, 0.15) is 22.8 Å². The lowest BCUT2D eigenvalue weighted by atomic mass is 10.1. The van der Waals surface area contributed by atoms with Crippen LogP contribution in [0.2, 0.25) is 0 Å². The van der Waals surface area contributed by atoms with Gasteiger partial charge in [0.05, 0.1) is 12.2 Å². The Balaban J connectivity index is 1.95. The minimum absolute atomic E-state index is 0.133. The maximum Gasteiger partial charge on any atom is 0.258 e. The number of hydrogen-bond donors (Lipinski definition) is 1. The highest BCUT2D eigenvalue weighted by Crippen LogP contribution is 2.34. The molecule has 1 amide bonds. The van der Waals surface area contributed by atoms with Crippen LogP contribution in [0.4, 0.5) is 10.1 Å². The first-order valence-corrected chi connectivity index (χ1v) is 7.15. The lowest BCUT2D eigenvalue weighted by Gasteiger charge is -2.33. The standard InChI is InChI=1S/C17H17FN2O2/c1-11-10-20(15-7-6-14(18)8-16(15)22-11)17(21)13-4-2-12(9-19)3-5-13/h2-8,11H,9-10,19H2,1H3/t11-/m1/s1. The number of carbonyl (C=O) groups excluding carboxylic acids is 1. The zero-order chi connectivity index (χ0) is 15.7. The second-order valence-corrected chi connectivity index (χ2v) is 5.36. The number of rotatable bonds is 2. The molecule has 0 saturated heterocycles. The number of benzene rings is 2. The summed E-state index contributed by atoms with van der Waals surface area (Å²) < 4.78 is 19.0. The molecule has 1 atom stereocenters.